The molecule has 0 bridgehead atoms. The van der Waals surface area contributed by atoms with E-state index in [2.05, 4.69) is 11.1 Å². The van der Waals surface area contributed by atoms with Crippen LogP contribution >= 0.6 is 0 Å². The van der Waals surface area contributed by atoms with Crippen LogP contribution in [0.1, 0.15) is 21.6 Å². The van der Waals surface area contributed by atoms with Gasteiger partial charge in [-0.3, -0.25) is 4.79 Å². The predicted octanol–water partition coefficient (Wildman–Crippen LogP) is 4.51. The van der Waals surface area contributed by atoms with Crippen LogP contribution in [0.3, 0.4) is 0 Å². The fraction of sp³-hybridized carbons (Fsp3) is 0.174. The molecule has 2 aromatic carbocycles. The van der Waals surface area contributed by atoms with E-state index in [4.69, 9.17) is 4.74 Å². The Kier molecular flexibility index (Phi) is 6.27. The van der Waals surface area contributed by atoms with Crippen LogP contribution in [0.25, 0.3) is 0 Å². The second-order valence-corrected chi connectivity index (χ2v) is 6.43. The Bertz CT molecular complexity index is 947. The molecule has 0 aliphatic carbocycles. The summed E-state index contributed by atoms with van der Waals surface area (Å²) in [4.78, 5) is 14.8. The summed E-state index contributed by atoms with van der Waals surface area (Å²) >= 11 is 0. The molecule has 0 saturated heterocycles. The van der Waals surface area contributed by atoms with Crippen LogP contribution < -0.4 is 4.74 Å². The van der Waals surface area contributed by atoms with Crippen molar-refractivity contribution in [3.8, 4) is 5.75 Å². The van der Waals surface area contributed by atoms with Crippen molar-refractivity contribution in [3.63, 3.8) is 0 Å². The average Bonchev–Trinajstić information content (AvgIpc) is 3.15. The third-order valence-corrected chi connectivity index (χ3v) is 4.52. The number of carbonyl (C=O) groups is 1. The van der Waals surface area contributed by atoms with Crippen molar-refractivity contribution in [1.29, 1.82) is 0 Å². The van der Waals surface area contributed by atoms with Gasteiger partial charge in [0, 0.05) is 25.0 Å². The lowest BCUT2D eigenvalue weighted by atomic mass is 10.1. The molecule has 0 atom stereocenters. The van der Waals surface area contributed by atoms with E-state index in [1.54, 1.807) is 42.4 Å². The Balaban J connectivity index is 1.81. The minimum absolute atomic E-state index is 0.119. The number of ether oxygens (including phenoxy) is 1. The Morgan fingerprint density at radius 3 is 2.61 bits per heavy atom. The molecule has 1 aromatic heterocycles. The molecule has 1 amide bonds. The maximum absolute atomic E-state index is 13.1. The van der Waals surface area contributed by atoms with Crippen molar-refractivity contribution in [1.82, 2.24) is 9.47 Å². The summed E-state index contributed by atoms with van der Waals surface area (Å²) in [5.74, 6) is 0.172. The summed E-state index contributed by atoms with van der Waals surface area (Å²) in [5.41, 5.74) is 2.49. The number of hydrogen-bond donors (Lipinski definition) is 0. The summed E-state index contributed by atoms with van der Waals surface area (Å²) in [6.07, 6.45) is 3.67. The maximum Gasteiger partial charge on any atom is 0.258 e. The molecule has 144 valence electrons. The van der Waals surface area contributed by atoms with Crippen LogP contribution in [0, 0.1) is 5.82 Å². The first kappa shape index (κ1) is 19.4. The van der Waals surface area contributed by atoms with Gasteiger partial charge in [0.15, 0.2) is 0 Å². The smallest absolute Gasteiger partial charge is 0.258 e. The first-order chi connectivity index (χ1) is 13.6. The van der Waals surface area contributed by atoms with Crippen molar-refractivity contribution >= 4 is 5.91 Å². The molecule has 5 heteroatoms. The Morgan fingerprint density at radius 1 is 1.14 bits per heavy atom. The van der Waals surface area contributed by atoms with Crippen LogP contribution in [-0.2, 0) is 13.1 Å². The van der Waals surface area contributed by atoms with E-state index in [9.17, 15) is 9.18 Å². The number of benzene rings is 2. The van der Waals surface area contributed by atoms with Crippen LogP contribution in [0.15, 0.2) is 79.5 Å². The van der Waals surface area contributed by atoms with Crippen molar-refractivity contribution in [2.75, 3.05) is 13.7 Å². The summed E-state index contributed by atoms with van der Waals surface area (Å²) in [5, 5.41) is 0. The number of halogens is 1. The number of hydrogen-bond acceptors (Lipinski definition) is 2. The van der Waals surface area contributed by atoms with Gasteiger partial charge in [-0.1, -0.05) is 30.3 Å². The third-order valence-electron chi connectivity index (χ3n) is 4.52. The molecule has 0 unspecified atom stereocenters. The van der Waals surface area contributed by atoms with Gasteiger partial charge in [-0.25, -0.2) is 4.39 Å². The molecular formula is C23H23FN2O2. The highest BCUT2D eigenvalue weighted by molar-refractivity contribution is 5.97. The van der Waals surface area contributed by atoms with Crippen LogP contribution in [0.4, 0.5) is 4.39 Å². The average molecular weight is 378 g/mol. The molecule has 0 aliphatic rings. The topological polar surface area (TPSA) is 34.5 Å². The summed E-state index contributed by atoms with van der Waals surface area (Å²) < 4.78 is 20.5. The molecule has 28 heavy (non-hydrogen) atoms. The monoisotopic (exact) mass is 378 g/mol. The Hall–Kier alpha value is -3.34. The lowest BCUT2D eigenvalue weighted by Gasteiger charge is -2.23. The van der Waals surface area contributed by atoms with Gasteiger partial charge in [0.05, 0.1) is 19.2 Å². The molecule has 0 radical (unpaired) electrons. The number of para-hydroxylation sites is 1. The third kappa shape index (κ3) is 4.49. The standard InChI is InChI=1S/C23H23FN2O2/c1-3-14-26(23(27)21-8-4-5-9-22(21)28-2)17-20-7-6-15-25(20)16-18-10-12-19(24)13-11-18/h3-13,15H,1,14,16-17H2,2H3. The largest absolute Gasteiger partial charge is 0.496 e. The zero-order chi connectivity index (χ0) is 19.9. The van der Waals surface area contributed by atoms with E-state index >= 15 is 0 Å². The van der Waals surface area contributed by atoms with E-state index in [1.165, 1.54) is 12.1 Å². The molecule has 3 rings (SSSR count). The molecule has 1 heterocycles. The van der Waals surface area contributed by atoms with Gasteiger partial charge in [-0.05, 0) is 42.0 Å². The van der Waals surface area contributed by atoms with Crippen LogP contribution in [0.2, 0.25) is 0 Å². The van der Waals surface area contributed by atoms with Crippen LogP contribution in [-0.4, -0.2) is 29.0 Å². The quantitative estimate of drug-likeness (QED) is 0.541. The van der Waals surface area contributed by atoms with E-state index in [-0.39, 0.29) is 11.7 Å². The van der Waals surface area contributed by atoms with E-state index in [0.717, 1.165) is 11.3 Å². The maximum atomic E-state index is 13.1. The molecule has 0 spiro atoms. The lowest BCUT2D eigenvalue weighted by molar-refractivity contribution is 0.0756. The molecular weight excluding hydrogens is 355 g/mol. The first-order valence-electron chi connectivity index (χ1n) is 9.04. The molecule has 0 N–H and O–H groups in total. The summed E-state index contributed by atoms with van der Waals surface area (Å²) in [6.45, 7) is 5.23. The minimum Gasteiger partial charge on any atom is -0.496 e. The highest BCUT2D eigenvalue weighted by Gasteiger charge is 2.19. The number of amides is 1. The number of nitrogens with zero attached hydrogens (tertiary/aromatic N) is 2. The molecule has 0 aliphatic heterocycles. The van der Waals surface area contributed by atoms with Gasteiger partial charge >= 0.3 is 0 Å². The van der Waals surface area contributed by atoms with Gasteiger partial charge < -0.3 is 14.2 Å². The summed E-state index contributed by atoms with van der Waals surface area (Å²) in [7, 11) is 1.55. The Labute approximate surface area is 164 Å². The summed E-state index contributed by atoms with van der Waals surface area (Å²) in [6, 6.07) is 17.5. The highest BCUT2D eigenvalue weighted by atomic mass is 19.1. The molecule has 0 saturated carbocycles. The first-order valence-corrected chi connectivity index (χ1v) is 9.04. The van der Waals surface area contributed by atoms with E-state index in [1.807, 2.05) is 30.5 Å². The fourth-order valence-corrected chi connectivity index (χ4v) is 3.10. The SMILES string of the molecule is C=CCN(Cc1cccn1Cc1ccc(F)cc1)C(=O)c1ccccc1OC. The number of carbonyl (C=O) groups excluding carboxylic acids is 1. The normalized spacial score (nSPS) is 10.5. The second kappa shape index (κ2) is 9.04. The van der Waals surface area contributed by atoms with Gasteiger partial charge in [0.2, 0.25) is 0 Å². The van der Waals surface area contributed by atoms with Gasteiger partial charge in [-0.2, -0.15) is 0 Å². The van der Waals surface area contributed by atoms with Crippen LogP contribution in [0.5, 0.6) is 5.75 Å². The van der Waals surface area contributed by atoms with E-state index in [0.29, 0.717) is 30.9 Å². The molecule has 0 fully saturated rings. The van der Waals surface area contributed by atoms with Crippen molar-refractivity contribution in [3.05, 3.63) is 102 Å². The van der Waals surface area contributed by atoms with Crippen molar-refractivity contribution in [2.24, 2.45) is 0 Å². The minimum atomic E-state index is -0.254. The Morgan fingerprint density at radius 2 is 1.89 bits per heavy atom. The lowest BCUT2D eigenvalue weighted by Crippen LogP contribution is -2.32. The van der Waals surface area contributed by atoms with Crippen molar-refractivity contribution < 1.29 is 13.9 Å². The molecule has 3 aromatic rings. The number of rotatable bonds is 8. The number of methoxy groups -OCH3 is 1. The predicted molar refractivity (Wildman–Crippen MR) is 108 cm³/mol. The fourth-order valence-electron chi connectivity index (χ4n) is 3.10. The second-order valence-electron chi connectivity index (χ2n) is 6.43. The van der Waals surface area contributed by atoms with Gasteiger partial charge in [0.25, 0.3) is 5.91 Å². The van der Waals surface area contributed by atoms with E-state index < -0.39 is 0 Å². The zero-order valence-corrected chi connectivity index (χ0v) is 15.8. The number of aromatic nitrogens is 1. The van der Waals surface area contributed by atoms with Gasteiger partial charge in [-0.15, -0.1) is 6.58 Å². The van der Waals surface area contributed by atoms with Gasteiger partial charge in [0.1, 0.15) is 11.6 Å². The molecule has 4 nitrogen and oxygen atoms in total. The zero-order valence-electron chi connectivity index (χ0n) is 15.8. The highest BCUT2D eigenvalue weighted by Crippen LogP contribution is 2.21. The van der Waals surface area contributed by atoms with Crippen molar-refractivity contribution in [2.45, 2.75) is 13.1 Å².